The minimum atomic E-state index is -0.245. The summed E-state index contributed by atoms with van der Waals surface area (Å²) in [6.07, 6.45) is 1.66. The molecular formula is C2H3KOS2. The molecule has 6 heavy (non-hydrogen) atoms. The number of hydrogen-bond acceptors (Lipinski definition) is 3. The summed E-state index contributed by atoms with van der Waals surface area (Å²) in [5, 5.41) is 9.59. The zero-order valence-corrected chi connectivity index (χ0v) is 8.48. The second kappa shape index (κ2) is 6.88. The maximum atomic E-state index is 9.59. The van der Waals surface area contributed by atoms with E-state index in [0.717, 1.165) is 11.8 Å². The van der Waals surface area contributed by atoms with Gasteiger partial charge in [0, 0.05) is 0 Å². The van der Waals surface area contributed by atoms with Crippen molar-refractivity contribution in [3.63, 3.8) is 0 Å². The second-order valence-electron chi connectivity index (χ2n) is 0.454. The fraction of sp³-hybridized carbons (Fsp3) is 0.500. The van der Waals surface area contributed by atoms with Crippen molar-refractivity contribution in [2.75, 3.05) is 6.26 Å². The Morgan fingerprint density at radius 3 is 2.00 bits per heavy atom. The molecule has 0 aliphatic rings. The SMILES string of the molecule is CSC([O-])=S.[K+]. The van der Waals surface area contributed by atoms with Crippen LogP contribution < -0.4 is 56.5 Å². The molecule has 1 nitrogen and oxygen atoms in total. The van der Waals surface area contributed by atoms with Gasteiger partial charge in [0.2, 0.25) is 0 Å². The molecule has 0 atom stereocenters. The molecule has 0 rings (SSSR count). The van der Waals surface area contributed by atoms with Crippen molar-refractivity contribution in [3.05, 3.63) is 0 Å². The molecule has 0 saturated heterocycles. The Morgan fingerprint density at radius 1 is 1.83 bits per heavy atom. The summed E-state index contributed by atoms with van der Waals surface area (Å²) in [6, 6.07) is 0. The topological polar surface area (TPSA) is 23.1 Å². The van der Waals surface area contributed by atoms with Gasteiger partial charge in [0.05, 0.1) is 0 Å². The van der Waals surface area contributed by atoms with Crippen molar-refractivity contribution in [2.45, 2.75) is 0 Å². The summed E-state index contributed by atoms with van der Waals surface area (Å²) in [5.74, 6) is 0. The van der Waals surface area contributed by atoms with Gasteiger partial charge in [0.25, 0.3) is 0 Å². The molecule has 0 radical (unpaired) electrons. The maximum Gasteiger partial charge on any atom is 1.00 e. The summed E-state index contributed by atoms with van der Waals surface area (Å²) in [4.78, 5) is 0. The molecule has 4 heteroatoms. The van der Waals surface area contributed by atoms with Crippen LogP contribution in [0.5, 0.6) is 0 Å². The summed E-state index contributed by atoms with van der Waals surface area (Å²) < 4.78 is -0.245. The van der Waals surface area contributed by atoms with E-state index in [0.29, 0.717) is 0 Å². The molecule has 0 aromatic heterocycles. The van der Waals surface area contributed by atoms with Gasteiger partial charge in [-0.05, 0) is 10.6 Å². The standard InChI is InChI=1S/C2H4OS2.K/c1-5-2(3)4;/h1H3,(H,3,4);/q;+1/p-1. The molecule has 0 bridgehead atoms. The molecule has 0 N–H and O–H groups in total. The molecule has 30 valence electrons. The summed E-state index contributed by atoms with van der Waals surface area (Å²) in [5.41, 5.74) is 0. The predicted octanol–water partition coefficient (Wildman–Crippen LogP) is -3.00. The van der Waals surface area contributed by atoms with Crippen LogP contribution in [0.2, 0.25) is 0 Å². The summed E-state index contributed by atoms with van der Waals surface area (Å²) in [6.45, 7) is 0. The third-order valence-electron chi connectivity index (χ3n) is 0.167. The van der Waals surface area contributed by atoms with Gasteiger partial charge < -0.3 is 5.11 Å². The Bertz CT molecular complexity index is 46.8. The van der Waals surface area contributed by atoms with Gasteiger partial charge >= 0.3 is 51.4 Å². The van der Waals surface area contributed by atoms with E-state index >= 15 is 0 Å². The van der Waals surface area contributed by atoms with Crippen LogP contribution in [0.15, 0.2) is 0 Å². The van der Waals surface area contributed by atoms with Crippen LogP contribution in [0.1, 0.15) is 0 Å². The molecule has 0 aliphatic heterocycles. The van der Waals surface area contributed by atoms with Crippen LogP contribution >= 0.6 is 24.0 Å². The molecule has 0 saturated carbocycles. The smallest absolute Gasteiger partial charge is 0.860 e. The summed E-state index contributed by atoms with van der Waals surface area (Å²) >= 11 is 5.16. The fourth-order valence-corrected chi connectivity index (χ4v) is 0. The molecule has 0 unspecified atom stereocenters. The first-order chi connectivity index (χ1) is 2.27. The molecular weight excluding hydrogens is 143 g/mol. The first-order valence-electron chi connectivity index (χ1n) is 1.02. The van der Waals surface area contributed by atoms with Gasteiger partial charge in [-0.2, -0.15) is 0 Å². The predicted molar refractivity (Wildman–Crippen MR) is 26.1 cm³/mol. The van der Waals surface area contributed by atoms with E-state index in [1.54, 1.807) is 6.26 Å². The summed E-state index contributed by atoms with van der Waals surface area (Å²) in [7, 11) is 0. The van der Waals surface area contributed by atoms with Crippen LogP contribution in [0.4, 0.5) is 0 Å². The van der Waals surface area contributed by atoms with Crippen molar-refractivity contribution in [3.8, 4) is 0 Å². The average molecular weight is 146 g/mol. The fourth-order valence-electron chi connectivity index (χ4n) is 0. The molecule has 0 aromatic rings. The van der Waals surface area contributed by atoms with Crippen LogP contribution in [-0.4, -0.2) is 10.6 Å². The Morgan fingerprint density at radius 2 is 2.00 bits per heavy atom. The van der Waals surface area contributed by atoms with Crippen molar-refractivity contribution in [1.29, 1.82) is 0 Å². The normalized spacial score (nSPS) is 6.17. The first-order valence-corrected chi connectivity index (χ1v) is 2.65. The van der Waals surface area contributed by atoms with Crippen molar-refractivity contribution >= 4 is 28.4 Å². The van der Waals surface area contributed by atoms with Gasteiger partial charge in [-0.15, -0.1) is 11.8 Å². The van der Waals surface area contributed by atoms with E-state index in [4.69, 9.17) is 0 Å². The van der Waals surface area contributed by atoms with Crippen molar-refractivity contribution in [1.82, 2.24) is 0 Å². The Kier molecular flexibility index (Phi) is 12.4. The largest absolute Gasteiger partial charge is 1.00 e. The molecule has 0 fully saturated rings. The quantitative estimate of drug-likeness (QED) is 0.269. The molecule has 0 spiro atoms. The van der Waals surface area contributed by atoms with E-state index < -0.39 is 0 Å². The third-order valence-corrected chi connectivity index (χ3v) is 1.000. The Hall–Kier alpha value is 1.88. The van der Waals surface area contributed by atoms with Crippen molar-refractivity contribution < 1.29 is 56.5 Å². The number of hydrogen-bond donors (Lipinski definition) is 0. The van der Waals surface area contributed by atoms with E-state index in [-0.39, 0.29) is 55.8 Å². The number of thiocarbonyl (C=S) groups is 1. The minimum absolute atomic E-state index is 0. The van der Waals surface area contributed by atoms with E-state index in [9.17, 15) is 5.11 Å². The second-order valence-corrected chi connectivity index (χ2v) is 1.86. The van der Waals surface area contributed by atoms with Crippen LogP contribution in [0.3, 0.4) is 0 Å². The third kappa shape index (κ3) is 9.30. The minimum Gasteiger partial charge on any atom is -0.860 e. The molecule has 0 aromatic carbocycles. The zero-order valence-electron chi connectivity index (χ0n) is 3.72. The Labute approximate surface area is 89.3 Å². The molecule has 0 amide bonds. The van der Waals surface area contributed by atoms with Gasteiger partial charge in [0.15, 0.2) is 0 Å². The zero-order chi connectivity index (χ0) is 4.28. The number of thioether (sulfide) groups is 1. The van der Waals surface area contributed by atoms with E-state index in [1.165, 1.54) is 0 Å². The molecule has 0 heterocycles. The average Bonchev–Trinajstić information content (AvgIpc) is 1.38. The van der Waals surface area contributed by atoms with Gasteiger partial charge in [-0.1, -0.05) is 12.2 Å². The van der Waals surface area contributed by atoms with E-state index in [2.05, 4.69) is 12.2 Å². The monoisotopic (exact) mass is 146 g/mol. The van der Waals surface area contributed by atoms with Crippen molar-refractivity contribution in [2.24, 2.45) is 0 Å². The van der Waals surface area contributed by atoms with Gasteiger partial charge in [0.1, 0.15) is 0 Å². The first kappa shape index (κ1) is 10.8. The number of rotatable bonds is 0. The van der Waals surface area contributed by atoms with Gasteiger partial charge in [-0.25, -0.2) is 0 Å². The molecule has 0 aliphatic carbocycles. The van der Waals surface area contributed by atoms with Gasteiger partial charge in [-0.3, -0.25) is 0 Å². The van der Waals surface area contributed by atoms with E-state index in [1.807, 2.05) is 0 Å². The van der Waals surface area contributed by atoms with Crippen LogP contribution in [-0.2, 0) is 0 Å². The van der Waals surface area contributed by atoms with Crippen LogP contribution in [0.25, 0.3) is 0 Å². The van der Waals surface area contributed by atoms with Crippen LogP contribution in [0, 0.1) is 0 Å². The maximum absolute atomic E-state index is 9.59. The Balaban J connectivity index is 0.